The average Bonchev–Trinajstić information content (AvgIpc) is 2.67. The van der Waals surface area contributed by atoms with Crippen LogP contribution >= 0.6 is 0 Å². The fourth-order valence-electron chi connectivity index (χ4n) is 2.69. The Bertz CT molecular complexity index is 787. The topological polar surface area (TPSA) is 98.8 Å². The van der Waals surface area contributed by atoms with Crippen LogP contribution in [0.4, 0.5) is 4.79 Å². The number of amides is 3. The van der Waals surface area contributed by atoms with Gasteiger partial charge < -0.3 is 5.32 Å². The Morgan fingerprint density at radius 1 is 1.14 bits per heavy atom. The minimum atomic E-state index is -3.51. The van der Waals surface area contributed by atoms with E-state index in [1.165, 1.54) is 9.71 Å². The Morgan fingerprint density at radius 3 is 2.39 bits per heavy atom. The largest absolute Gasteiger partial charge is 0.335 e. The molecule has 1 aliphatic heterocycles. The minimum Gasteiger partial charge on any atom is -0.335 e. The number of rotatable bonds is 7. The molecule has 9 heteroatoms. The summed E-state index contributed by atoms with van der Waals surface area (Å²) in [5.41, 5.74) is 0.817. The summed E-state index contributed by atoms with van der Waals surface area (Å²) in [5.74, 6) is -0.402. The van der Waals surface area contributed by atoms with E-state index in [1.807, 2.05) is 49.1 Å². The third-order valence-electron chi connectivity index (χ3n) is 4.53. The van der Waals surface area contributed by atoms with Crippen LogP contribution in [0.5, 0.6) is 0 Å². The molecule has 3 amide bonds. The lowest BCUT2D eigenvalue weighted by Gasteiger charge is -2.32. The smallest absolute Gasteiger partial charge is 0.321 e. The van der Waals surface area contributed by atoms with Crippen molar-refractivity contribution in [2.45, 2.75) is 26.3 Å². The number of nitrogens with one attached hydrogen (secondary N) is 2. The summed E-state index contributed by atoms with van der Waals surface area (Å²) in [6.07, 6.45) is 2.35. The van der Waals surface area contributed by atoms with Gasteiger partial charge in [-0.25, -0.2) is 13.2 Å². The molecule has 2 rings (SSSR count). The van der Waals surface area contributed by atoms with E-state index >= 15 is 0 Å². The Kier molecular flexibility index (Phi) is 8.16. The van der Waals surface area contributed by atoms with E-state index in [2.05, 4.69) is 10.6 Å². The monoisotopic (exact) mass is 408 g/mol. The van der Waals surface area contributed by atoms with E-state index in [0.717, 1.165) is 12.0 Å². The highest BCUT2D eigenvalue weighted by atomic mass is 32.2. The van der Waals surface area contributed by atoms with E-state index in [9.17, 15) is 18.0 Å². The van der Waals surface area contributed by atoms with Crippen LogP contribution in [-0.2, 0) is 14.8 Å². The van der Waals surface area contributed by atoms with Crippen molar-refractivity contribution in [3.05, 3.63) is 41.3 Å². The van der Waals surface area contributed by atoms with Gasteiger partial charge in [-0.1, -0.05) is 37.3 Å². The molecule has 1 aromatic rings. The van der Waals surface area contributed by atoms with E-state index < -0.39 is 22.0 Å². The van der Waals surface area contributed by atoms with Gasteiger partial charge in [0, 0.05) is 37.6 Å². The molecule has 0 aromatic heterocycles. The molecule has 0 radical (unpaired) electrons. The van der Waals surface area contributed by atoms with Crippen molar-refractivity contribution in [3.63, 3.8) is 0 Å². The molecule has 28 heavy (non-hydrogen) atoms. The summed E-state index contributed by atoms with van der Waals surface area (Å²) < 4.78 is 26.3. The highest BCUT2D eigenvalue weighted by Crippen LogP contribution is 2.11. The molecular formula is C19H28N4O4S. The van der Waals surface area contributed by atoms with E-state index in [0.29, 0.717) is 26.2 Å². The third kappa shape index (κ3) is 7.06. The van der Waals surface area contributed by atoms with Gasteiger partial charge in [-0.05, 0) is 25.0 Å². The van der Waals surface area contributed by atoms with Crippen LogP contribution in [0, 0.1) is 0 Å². The molecular weight excluding hydrogens is 380 g/mol. The van der Waals surface area contributed by atoms with Gasteiger partial charge in [0.15, 0.2) is 0 Å². The van der Waals surface area contributed by atoms with Crippen LogP contribution < -0.4 is 10.6 Å². The summed E-state index contributed by atoms with van der Waals surface area (Å²) >= 11 is 0. The van der Waals surface area contributed by atoms with Gasteiger partial charge in [-0.3, -0.25) is 15.0 Å². The molecule has 1 aliphatic rings. The average molecular weight is 409 g/mol. The lowest BCUT2D eigenvalue weighted by atomic mass is 10.2. The number of urea groups is 1. The Balaban J connectivity index is 1.79. The van der Waals surface area contributed by atoms with Gasteiger partial charge in [-0.2, -0.15) is 4.31 Å². The zero-order valence-corrected chi connectivity index (χ0v) is 17.1. The van der Waals surface area contributed by atoms with Crippen LogP contribution in [0.25, 0.3) is 6.08 Å². The quantitative estimate of drug-likeness (QED) is 0.707. The van der Waals surface area contributed by atoms with Crippen LogP contribution in [0.1, 0.15) is 25.8 Å². The lowest BCUT2D eigenvalue weighted by Crippen LogP contribution is -2.52. The van der Waals surface area contributed by atoms with Crippen LogP contribution in [0.2, 0.25) is 0 Å². The number of hydrogen-bond acceptors (Lipinski definition) is 5. The second kappa shape index (κ2) is 10.4. The Labute approximate surface area is 166 Å². The summed E-state index contributed by atoms with van der Waals surface area (Å²) in [7, 11) is -3.51. The predicted octanol–water partition coefficient (Wildman–Crippen LogP) is 1.23. The maximum atomic E-state index is 12.5. The molecule has 1 atom stereocenters. The number of piperazine rings is 1. The molecule has 0 unspecified atom stereocenters. The summed E-state index contributed by atoms with van der Waals surface area (Å²) in [4.78, 5) is 25.5. The molecule has 1 aromatic carbocycles. The third-order valence-corrected chi connectivity index (χ3v) is 6.10. The summed E-state index contributed by atoms with van der Waals surface area (Å²) in [5, 5.41) is 6.18. The van der Waals surface area contributed by atoms with E-state index in [4.69, 9.17) is 0 Å². The fourth-order valence-corrected chi connectivity index (χ4v) is 3.86. The maximum absolute atomic E-state index is 12.5. The summed E-state index contributed by atoms with van der Waals surface area (Å²) in [6, 6.07) is 8.71. The van der Waals surface area contributed by atoms with Gasteiger partial charge in [-0.15, -0.1) is 0 Å². The molecule has 2 N–H and O–H groups in total. The molecule has 154 valence electrons. The molecule has 0 saturated carbocycles. The summed E-state index contributed by atoms with van der Waals surface area (Å²) in [6.45, 7) is 5.31. The number of sulfonamides is 1. The number of imide groups is 1. The molecule has 0 spiro atoms. The van der Waals surface area contributed by atoms with Crippen molar-refractivity contribution in [2.75, 3.05) is 32.7 Å². The molecule has 8 nitrogen and oxygen atoms in total. The van der Waals surface area contributed by atoms with Crippen LogP contribution in [-0.4, -0.2) is 68.3 Å². The first-order valence-electron chi connectivity index (χ1n) is 9.36. The predicted molar refractivity (Wildman–Crippen MR) is 109 cm³/mol. The molecule has 0 aliphatic carbocycles. The highest BCUT2D eigenvalue weighted by Gasteiger charge is 2.26. The van der Waals surface area contributed by atoms with Gasteiger partial charge in [0.2, 0.25) is 15.9 Å². The number of nitrogens with zero attached hydrogens (tertiary/aromatic N) is 2. The maximum Gasteiger partial charge on any atom is 0.321 e. The van der Waals surface area contributed by atoms with Crippen molar-refractivity contribution in [2.24, 2.45) is 0 Å². The van der Waals surface area contributed by atoms with Crippen LogP contribution in [0.3, 0.4) is 0 Å². The van der Waals surface area contributed by atoms with Crippen LogP contribution in [0.15, 0.2) is 35.7 Å². The van der Waals surface area contributed by atoms with Gasteiger partial charge in [0.05, 0.1) is 6.54 Å². The normalized spacial score (nSPS) is 17.4. The lowest BCUT2D eigenvalue weighted by molar-refractivity contribution is -0.121. The first-order valence-corrected chi connectivity index (χ1v) is 10.9. The zero-order valence-electron chi connectivity index (χ0n) is 16.3. The molecule has 1 saturated heterocycles. The molecule has 1 heterocycles. The number of carbonyl (C=O) groups excluding carboxylic acids is 2. The first-order chi connectivity index (χ1) is 13.3. The zero-order chi connectivity index (χ0) is 20.6. The second-order valence-electron chi connectivity index (χ2n) is 6.76. The minimum absolute atomic E-state index is 0.00880. The second-order valence-corrected chi connectivity index (χ2v) is 8.58. The standard InChI is InChI=1S/C19H28N4O4S/c1-3-16(2)20-19(25)21-18(24)15-22-10-12-23(13-11-22)28(26,27)14-9-17-7-5-4-6-8-17/h4-9,14,16H,3,10-13,15H2,1-2H3,(H2,20,21,24,25)/b14-9+/t16-/m0/s1. The Hall–Kier alpha value is -2.23. The van der Waals surface area contributed by atoms with Crippen molar-refractivity contribution in [1.29, 1.82) is 0 Å². The van der Waals surface area contributed by atoms with Gasteiger partial charge in [0.25, 0.3) is 0 Å². The first kappa shape index (κ1) is 22.1. The van der Waals surface area contributed by atoms with Gasteiger partial charge >= 0.3 is 6.03 Å². The van der Waals surface area contributed by atoms with Crippen molar-refractivity contribution in [3.8, 4) is 0 Å². The van der Waals surface area contributed by atoms with Crippen molar-refractivity contribution < 1.29 is 18.0 Å². The van der Waals surface area contributed by atoms with Crippen molar-refractivity contribution >= 4 is 28.0 Å². The number of carbonyl (C=O) groups is 2. The molecule has 1 fully saturated rings. The van der Waals surface area contributed by atoms with Crippen molar-refractivity contribution in [1.82, 2.24) is 19.8 Å². The van der Waals surface area contributed by atoms with E-state index in [-0.39, 0.29) is 12.6 Å². The Morgan fingerprint density at radius 2 is 1.79 bits per heavy atom. The number of benzene rings is 1. The van der Waals surface area contributed by atoms with E-state index in [1.54, 1.807) is 6.08 Å². The van der Waals surface area contributed by atoms with Gasteiger partial charge in [0.1, 0.15) is 0 Å². The SMILES string of the molecule is CC[C@H](C)NC(=O)NC(=O)CN1CCN(S(=O)(=O)/C=C/c2ccccc2)CC1. The highest BCUT2D eigenvalue weighted by molar-refractivity contribution is 7.92. The number of hydrogen-bond donors (Lipinski definition) is 2. The fraction of sp³-hybridized carbons (Fsp3) is 0.474. The molecule has 0 bridgehead atoms.